The number of benzene rings is 1. The van der Waals surface area contributed by atoms with Crippen molar-refractivity contribution in [3.05, 3.63) is 59.8 Å². The Balaban J connectivity index is 1.26. The Morgan fingerprint density at radius 1 is 1.00 bits per heavy atom. The first-order valence-electron chi connectivity index (χ1n) is 10.5. The molecule has 0 amide bonds. The highest BCUT2D eigenvalue weighted by Crippen LogP contribution is 2.23. The number of anilines is 1. The number of hydrogen-bond donors (Lipinski definition) is 1. The van der Waals surface area contributed by atoms with Gasteiger partial charge >= 0.3 is 0 Å². The zero-order valence-electron chi connectivity index (χ0n) is 16.8. The number of β-amino-alcohol motifs (C(OH)–C–C–N with tert-alkyl or cyclic N) is 1. The number of pyridine rings is 1. The molecule has 2 aromatic rings. The fraction of sp³-hybridized carbons (Fsp3) is 0.478. The number of aliphatic hydroxyl groups is 1. The maximum atomic E-state index is 10.8. The molecule has 1 aromatic heterocycles. The lowest BCUT2D eigenvalue weighted by atomic mass is 9.99. The Hall–Kier alpha value is -2.46. The number of piperidine rings is 1. The van der Waals surface area contributed by atoms with Crippen LogP contribution in [-0.4, -0.2) is 77.8 Å². The van der Waals surface area contributed by atoms with Gasteiger partial charge in [0.25, 0.3) is 0 Å². The fourth-order valence-corrected chi connectivity index (χ4v) is 4.47. The molecule has 2 aliphatic heterocycles. The molecule has 4 rings (SSSR count). The van der Waals surface area contributed by atoms with Crippen LogP contribution in [0.15, 0.2) is 48.5 Å². The monoisotopic (exact) mass is 391 g/mol. The van der Waals surface area contributed by atoms with E-state index in [4.69, 9.17) is 5.26 Å². The lowest BCUT2D eigenvalue weighted by molar-refractivity contribution is 0.00967. The molecular weight excluding hydrogens is 362 g/mol. The average molecular weight is 392 g/mol. The minimum Gasteiger partial charge on any atom is -0.390 e. The van der Waals surface area contributed by atoms with Crippen LogP contribution < -0.4 is 4.90 Å². The maximum Gasteiger partial charge on any atom is 0.142 e. The van der Waals surface area contributed by atoms with Crippen molar-refractivity contribution < 1.29 is 5.11 Å². The summed E-state index contributed by atoms with van der Waals surface area (Å²) in [6, 6.07) is 18.4. The molecule has 1 N–H and O–H groups in total. The number of aromatic nitrogens is 1. The summed E-state index contributed by atoms with van der Waals surface area (Å²) in [7, 11) is 0. The van der Waals surface area contributed by atoms with Crippen molar-refractivity contribution >= 4 is 5.82 Å². The van der Waals surface area contributed by atoms with Gasteiger partial charge < -0.3 is 14.9 Å². The first-order valence-corrected chi connectivity index (χ1v) is 10.5. The summed E-state index contributed by atoms with van der Waals surface area (Å²) in [6.45, 7) is 6.67. The van der Waals surface area contributed by atoms with E-state index in [0.717, 1.165) is 57.9 Å². The average Bonchev–Trinajstić information content (AvgIpc) is 2.79. The second kappa shape index (κ2) is 9.36. The molecule has 0 unspecified atom stereocenters. The SMILES string of the molecule is N#Cc1cccc(N2CC[C@H](N3CCN(CCc4ccccc4)CC3)[C@@H](O)C2)n1. The van der Waals surface area contributed by atoms with Gasteiger partial charge in [-0.05, 0) is 30.5 Å². The molecule has 6 heteroatoms. The van der Waals surface area contributed by atoms with Crippen LogP contribution in [0, 0.1) is 11.3 Å². The number of aliphatic hydroxyl groups excluding tert-OH is 1. The van der Waals surface area contributed by atoms with Gasteiger partial charge in [0.2, 0.25) is 0 Å². The summed E-state index contributed by atoms with van der Waals surface area (Å²) in [5.74, 6) is 0.785. The van der Waals surface area contributed by atoms with Crippen molar-refractivity contribution in [1.29, 1.82) is 5.26 Å². The van der Waals surface area contributed by atoms with Crippen molar-refractivity contribution in [1.82, 2.24) is 14.8 Å². The van der Waals surface area contributed by atoms with Crippen LogP contribution in [-0.2, 0) is 6.42 Å². The van der Waals surface area contributed by atoms with Crippen molar-refractivity contribution in [3.8, 4) is 6.07 Å². The third-order valence-electron chi connectivity index (χ3n) is 6.15. The number of piperazine rings is 1. The Bertz CT molecular complexity index is 829. The lowest BCUT2D eigenvalue weighted by Crippen LogP contribution is -2.59. The maximum absolute atomic E-state index is 10.8. The zero-order chi connectivity index (χ0) is 20.1. The van der Waals surface area contributed by atoms with Crippen LogP contribution in [0.5, 0.6) is 0 Å². The van der Waals surface area contributed by atoms with Crippen LogP contribution in [0.3, 0.4) is 0 Å². The van der Waals surface area contributed by atoms with Gasteiger partial charge in [-0.15, -0.1) is 0 Å². The van der Waals surface area contributed by atoms with Gasteiger partial charge in [0.05, 0.1) is 6.10 Å². The highest BCUT2D eigenvalue weighted by atomic mass is 16.3. The van der Waals surface area contributed by atoms with Crippen molar-refractivity contribution in [2.45, 2.75) is 25.0 Å². The molecule has 6 nitrogen and oxygen atoms in total. The molecule has 1 aromatic carbocycles. The topological polar surface area (TPSA) is 66.6 Å². The molecule has 0 spiro atoms. The molecule has 2 fully saturated rings. The first-order chi connectivity index (χ1) is 14.2. The summed E-state index contributed by atoms with van der Waals surface area (Å²) >= 11 is 0. The van der Waals surface area contributed by atoms with Crippen LogP contribution in [0.1, 0.15) is 17.7 Å². The van der Waals surface area contributed by atoms with E-state index in [1.165, 1.54) is 5.56 Å². The molecule has 0 aliphatic carbocycles. The summed E-state index contributed by atoms with van der Waals surface area (Å²) in [4.78, 5) is 11.5. The normalized spacial score (nSPS) is 23.7. The minimum atomic E-state index is -0.396. The van der Waals surface area contributed by atoms with E-state index in [1.54, 1.807) is 6.07 Å². The van der Waals surface area contributed by atoms with Crippen LogP contribution in [0.2, 0.25) is 0 Å². The van der Waals surface area contributed by atoms with Gasteiger partial charge in [0.15, 0.2) is 0 Å². The molecule has 3 heterocycles. The van der Waals surface area contributed by atoms with E-state index in [9.17, 15) is 5.11 Å². The van der Waals surface area contributed by atoms with Gasteiger partial charge in [-0.2, -0.15) is 5.26 Å². The Kier molecular flexibility index (Phi) is 6.40. The summed E-state index contributed by atoms with van der Waals surface area (Å²) in [5, 5.41) is 19.9. The molecule has 0 bridgehead atoms. The van der Waals surface area contributed by atoms with Gasteiger partial charge in [-0.25, -0.2) is 4.98 Å². The van der Waals surface area contributed by atoms with Crippen LogP contribution in [0.25, 0.3) is 0 Å². The molecule has 2 aliphatic rings. The molecule has 0 radical (unpaired) electrons. The Labute approximate surface area is 173 Å². The number of nitrogens with zero attached hydrogens (tertiary/aromatic N) is 5. The third-order valence-corrected chi connectivity index (χ3v) is 6.15. The molecular formula is C23H29N5O. The smallest absolute Gasteiger partial charge is 0.142 e. The quantitative estimate of drug-likeness (QED) is 0.838. The van der Waals surface area contributed by atoms with Crippen molar-refractivity contribution in [2.24, 2.45) is 0 Å². The van der Waals surface area contributed by atoms with E-state index in [0.29, 0.717) is 12.2 Å². The zero-order valence-corrected chi connectivity index (χ0v) is 16.8. The standard InChI is InChI=1S/C23H29N5O/c24-17-20-7-4-8-23(25-20)28-12-10-21(22(29)18-28)27-15-13-26(14-16-27)11-9-19-5-2-1-3-6-19/h1-8,21-22,29H,9-16,18H2/t21-,22-/m0/s1. The number of rotatable bonds is 5. The first kappa shape index (κ1) is 19.8. The van der Waals surface area contributed by atoms with Crippen molar-refractivity contribution in [2.75, 3.05) is 50.7 Å². The molecule has 29 heavy (non-hydrogen) atoms. The van der Waals surface area contributed by atoms with E-state index in [-0.39, 0.29) is 6.04 Å². The van der Waals surface area contributed by atoms with Crippen LogP contribution >= 0.6 is 0 Å². The van der Waals surface area contributed by atoms with Crippen LogP contribution in [0.4, 0.5) is 5.82 Å². The minimum absolute atomic E-state index is 0.210. The van der Waals surface area contributed by atoms with Crippen molar-refractivity contribution in [3.63, 3.8) is 0 Å². The fourth-order valence-electron chi connectivity index (χ4n) is 4.47. The second-order valence-electron chi connectivity index (χ2n) is 7.98. The highest BCUT2D eigenvalue weighted by Gasteiger charge is 2.34. The predicted molar refractivity (Wildman–Crippen MR) is 114 cm³/mol. The molecule has 0 saturated carbocycles. The number of hydrogen-bond acceptors (Lipinski definition) is 6. The molecule has 2 atom stereocenters. The second-order valence-corrected chi connectivity index (χ2v) is 7.98. The summed E-state index contributed by atoms with van der Waals surface area (Å²) < 4.78 is 0. The largest absolute Gasteiger partial charge is 0.390 e. The van der Waals surface area contributed by atoms with Gasteiger partial charge in [0.1, 0.15) is 17.6 Å². The van der Waals surface area contributed by atoms with E-state index in [1.807, 2.05) is 12.1 Å². The van der Waals surface area contributed by atoms with E-state index < -0.39 is 6.10 Å². The van der Waals surface area contributed by atoms with Gasteiger partial charge in [-0.1, -0.05) is 36.4 Å². The predicted octanol–water partition coefficient (Wildman–Crippen LogP) is 1.75. The van der Waals surface area contributed by atoms with E-state index >= 15 is 0 Å². The Morgan fingerprint density at radius 2 is 1.79 bits per heavy atom. The summed E-state index contributed by atoms with van der Waals surface area (Å²) in [6.07, 6.45) is 1.62. The third kappa shape index (κ3) is 4.94. The van der Waals surface area contributed by atoms with Gasteiger partial charge in [0, 0.05) is 51.9 Å². The number of nitriles is 1. The highest BCUT2D eigenvalue weighted by molar-refractivity contribution is 5.42. The lowest BCUT2D eigenvalue weighted by Gasteiger charge is -2.45. The molecule has 152 valence electrons. The van der Waals surface area contributed by atoms with E-state index in [2.05, 4.69) is 56.1 Å². The van der Waals surface area contributed by atoms with Gasteiger partial charge in [-0.3, -0.25) is 4.90 Å². The summed E-state index contributed by atoms with van der Waals surface area (Å²) in [5.41, 5.74) is 1.82. The molecule has 2 saturated heterocycles. The Morgan fingerprint density at radius 3 is 2.52 bits per heavy atom.